The number of likely N-dealkylation sites (N-methyl/N-ethyl adjacent to an activating group) is 1. The van der Waals surface area contributed by atoms with Crippen LogP contribution in [0.2, 0.25) is 0 Å². The van der Waals surface area contributed by atoms with E-state index in [4.69, 9.17) is 19.1 Å². The van der Waals surface area contributed by atoms with Gasteiger partial charge in [-0.25, -0.2) is 14.6 Å². The molecule has 1 aromatic carbocycles. The van der Waals surface area contributed by atoms with E-state index in [0.717, 1.165) is 9.48 Å². The Labute approximate surface area is 232 Å². The van der Waals surface area contributed by atoms with Gasteiger partial charge in [0.1, 0.15) is 11.2 Å². The standard InChI is InChI=1S/C26H37BrN4O7/c1-16(29-37-18-14-12-17(27)13-15-18)26(19(23(2,3)4)28-30(11)20(26)32)31(21(33)35-24(5,6)7)38-22(34)36-25(8,9)10/h12-15H,1-11H3. The van der Waals surface area contributed by atoms with Crippen molar-refractivity contribution in [1.29, 1.82) is 0 Å². The van der Waals surface area contributed by atoms with Gasteiger partial charge >= 0.3 is 12.2 Å². The molecule has 38 heavy (non-hydrogen) atoms. The van der Waals surface area contributed by atoms with Crippen molar-refractivity contribution in [2.24, 2.45) is 15.7 Å². The van der Waals surface area contributed by atoms with Crippen molar-refractivity contribution in [1.82, 2.24) is 10.1 Å². The van der Waals surface area contributed by atoms with Crippen molar-refractivity contribution >= 4 is 45.5 Å². The summed E-state index contributed by atoms with van der Waals surface area (Å²) in [4.78, 5) is 51.6. The third-order valence-electron chi connectivity index (χ3n) is 4.95. The Hall–Kier alpha value is -3.15. The first-order valence-corrected chi connectivity index (χ1v) is 12.8. The number of oxime groups is 1. The van der Waals surface area contributed by atoms with Crippen molar-refractivity contribution < 1.29 is 33.5 Å². The SMILES string of the molecule is CC(=NOc1ccc(Br)cc1)C1(N(OC(=O)OC(C)(C)C)C(=O)OC(C)(C)C)C(=O)N(C)N=C1C(C)(C)C. The van der Waals surface area contributed by atoms with Gasteiger partial charge in [0.15, 0.2) is 5.75 Å². The molecule has 1 unspecified atom stereocenters. The molecule has 0 saturated carbocycles. The first-order chi connectivity index (χ1) is 17.2. The van der Waals surface area contributed by atoms with Crippen molar-refractivity contribution in [2.45, 2.75) is 86.0 Å². The van der Waals surface area contributed by atoms with Gasteiger partial charge in [0.2, 0.25) is 5.54 Å². The maximum absolute atomic E-state index is 13.9. The minimum atomic E-state index is -2.14. The fourth-order valence-corrected chi connectivity index (χ4v) is 3.79. The summed E-state index contributed by atoms with van der Waals surface area (Å²) in [7, 11) is 1.43. The second kappa shape index (κ2) is 10.9. The van der Waals surface area contributed by atoms with E-state index in [1.807, 2.05) is 0 Å². The molecule has 210 valence electrons. The molecule has 0 spiro atoms. The number of hydrazone groups is 1. The molecule has 0 radical (unpaired) electrons. The van der Waals surface area contributed by atoms with E-state index in [0.29, 0.717) is 10.8 Å². The lowest BCUT2D eigenvalue weighted by atomic mass is 9.74. The molecule has 0 fully saturated rings. The van der Waals surface area contributed by atoms with E-state index < -0.39 is 40.3 Å². The van der Waals surface area contributed by atoms with E-state index in [2.05, 4.69) is 26.2 Å². The van der Waals surface area contributed by atoms with Crippen molar-refractivity contribution in [3.63, 3.8) is 0 Å². The summed E-state index contributed by atoms with van der Waals surface area (Å²) in [6.07, 6.45) is -2.35. The molecule has 0 aromatic heterocycles. The Bertz CT molecular complexity index is 1130. The van der Waals surface area contributed by atoms with Crippen LogP contribution in [0.25, 0.3) is 0 Å². The molecule has 1 heterocycles. The topological polar surface area (TPSA) is 119 Å². The Morgan fingerprint density at radius 3 is 1.97 bits per heavy atom. The number of nitrogens with zero attached hydrogens (tertiary/aromatic N) is 4. The third kappa shape index (κ3) is 7.24. The highest BCUT2D eigenvalue weighted by molar-refractivity contribution is 9.10. The highest BCUT2D eigenvalue weighted by Gasteiger charge is 2.65. The number of carbonyl (C=O) groups excluding carboxylic acids is 3. The van der Waals surface area contributed by atoms with Gasteiger partial charge in [-0.3, -0.25) is 9.63 Å². The maximum Gasteiger partial charge on any atom is 0.534 e. The molecule has 0 bridgehead atoms. The van der Waals surface area contributed by atoms with Crippen molar-refractivity contribution in [3.8, 4) is 5.75 Å². The van der Waals surface area contributed by atoms with Crippen LogP contribution in [0.3, 0.4) is 0 Å². The molecule has 1 aromatic rings. The third-order valence-corrected chi connectivity index (χ3v) is 5.48. The molecule has 1 aliphatic rings. The Kier molecular flexibility index (Phi) is 8.92. The maximum atomic E-state index is 13.9. The van der Waals surface area contributed by atoms with Crippen LogP contribution in [0.4, 0.5) is 9.59 Å². The second-order valence-corrected chi connectivity index (χ2v) is 12.7. The summed E-state index contributed by atoms with van der Waals surface area (Å²) < 4.78 is 11.7. The first-order valence-electron chi connectivity index (χ1n) is 12.0. The number of hydrogen-bond acceptors (Lipinski definition) is 9. The normalized spacial score (nSPS) is 18.6. The summed E-state index contributed by atoms with van der Waals surface area (Å²) in [5.74, 6) is -0.342. The number of hydroxylamine groups is 2. The predicted octanol–water partition coefficient (Wildman–Crippen LogP) is 5.92. The van der Waals surface area contributed by atoms with Crippen molar-refractivity contribution in [2.75, 3.05) is 7.05 Å². The molecule has 0 aliphatic carbocycles. The van der Waals surface area contributed by atoms with Crippen LogP contribution in [-0.4, -0.2) is 63.4 Å². The van der Waals surface area contributed by atoms with E-state index >= 15 is 0 Å². The number of ether oxygens (including phenoxy) is 2. The van der Waals surface area contributed by atoms with Gasteiger partial charge in [-0.1, -0.05) is 41.9 Å². The zero-order valence-electron chi connectivity index (χ0n) is 23.8. The van der Waals surface area contributed by atoms with Crippen LogP contribution < -0.4 is 4.84 Å². The van der Waals surface area contributed by atoms with E-state index in [1.165, 1.54) is 14.0 Å². The van der Waals surface area contributed by atoms with Crippen molar-refractivity contribution in [3.05, 3.63) is 28.7 Å². The van der Waals surface area contributed by atoms with Crippen LogP contribution >= 0.6 is 15.9 Å². The summed E-state index contributed by atoms with van der Waals surface area (Å²) >= 11 is 3.36. The molecule has 2 rings (SSSR count). The summed E-state index contributed by atoms with van der Waals surface area (Å²) in [5, 5.41) is 10.3. The van der Waals surface area contributed by atoms with Gasteiger partial charge in [0.05, 0.1) is 11.4 Å². The number of rotatable bonds is 4. The number of benzene rings is 1. The quantitative estimate of drug-likeness (QED) is 0.240. The van der Waals surface area contributed by atoms with Gasteiger partial charge < -0.3 is 14.3 Å². The van der Waals surface area contributed by atoms with Gasteiger partial charge in [-0.2, -0.15) is 5.10 Å². The molecule has 0 saturated heterocycles. The number of hydrogen-bond donors (Lipinski definition) is 0. The van der Waals surface area contributed by atoms with E-state index in [1.54, 1.807) is 86.6 Å². The monoisotopic (exact) mass is 596 g/mol. The van der Waals surface area contributed by atoms with Gasteiger partial charge in [0, 0.05) is 16.9 Å². The zero-order valence-corrected chi connectivity index (χ0v) is 25.4. The summed E-state index contributed by atoms with van der Waals surface area (Å²) in [5.41, 5.74) is -4.76. The lowest BCUT2D eigenvalue weighted by Crippen LogP contribution is -2.68. The molecule has 1 atom stereocenters. The summed E-state index contributed by atoms with van der Waals surface area (Å²) in [6.45, 7) is 16.7. The molecule has 1 aliphatic heterocycles. The predicted molar refractivity (Wildman–Crippen MR) is 146 cm³/mol. The Morgan fingerprint density at radius 1 is 0.974 bits per heavy atom. The molecular weight excluding hydrogens is 560 g/mol. The van der Waals surface area contributed by atoms with Crippen LogP contribution in [-0.2, 0) is 19.1 Å². The highest BCUT2D eigenvalue weighted by atomic mass is 79.9. The average Bonchev–Trinajstić information content (AvgIpc) is 3.01. The number of carbonyl (C=O) groups is 3. The highest BCUT2D eigenvalue weighted by Crippen LogP contribution is 2.38. The lowest BCUT2D eigenvalue weighted by molar-refractivity contribution is -0.169. The van der Waals surface area contributed by atoms with Crippen LogP contribution in [0.5, 0.6) is 5.75 Å². The molecule has 2 amide bonds. The smallest absolute Gasteiger partial charge is 0.442 e. The largest absolute Gasteiger partial charge is 0.534 e. The van der Waals surface area contributed by atoms with Gasteiger partial charge in [-0.15, -0.1) is 5.06 Å². The molecule has 0 N–H and O–H groups in total. The molecule has 12 heteroatoms. The average molecular weight is 598 g/mol. The minimum absolute atomic E-state index is 0.0298. The Morgan fingerprint density at radius 2 is 1.50 bits per heavy atom. The van der Waals surface area contributed by atoms with Crippen LogP contribution in [0.1, 0.15) is 69.2 Å². The molecule has 11 nitrogen and oxygen atoms in total. The van der Waals surface area contributed by atoms with E-state index in [9.17, 15) is 14.4 Å². The second-order valence-electron chi connectivity index (χ2n) is 11.8. The summed E-state index contributed by atoms with van der Waals surface area (Å²) in [6, 6.07) is 6.84. The number of halogens is 1. The van der Waals surface area contributed by atoms with Gasteiger partial charge in [-0.05, 0) is 72.7 Å². The number of amides is 2. The molecular formula is C26H37BrN4O7. The fraction of sp³-hybridized carbons (Fsp3) is 0.577. The lowest BCUT2D eigenvalue weighted by Gasteiger charge is -2.40. The van der Waals surface area contributed by atoms with Gasteiger partial charge in [0.25, 0.3) is 5.91 Å². The minimum Gasteiger partial charge on any atom is -0.442 e. The van der Waals surface area contributed by atoms with E-state index in [-0.39, 0.29) is 11.4 Å². The fourth-order valence-electron chi connectivity index (χ4n) is 3.52. The first kappa shape index (κ1) is 31.1. The zero-order chi connectivity index (χ0) is 29.3. The Balaban J connectivity index is 2.78. The van der Waals surface area contributed by atoms with Crippen LogP contribution in [0.15, 0.2) is 39.0 Å². The van der Waals surface area contributed by atoms with Crippen LogP contribution in [0, 0.1) is 5.41 Å².